The maximum atomic E-state index is 12.4. The van der Waals surface area contributed by atoms with E-state index in [1.54, 1.807) is 11.8 Å². The van der Waals surface area contributed by atoms with Gasteiger partial charge in [-0.15, -0.1) is 0 Å². The monoisotopic (exact) mass is 342 g/mol. The van der Waals surface area contributed by atoms with Gasteiger partial charge in [-0.3, -0.25) is 9.59 Å². The molecule has 24 heavy (non-hydrogen) atoms. The first-order valence-corrected chi connectivity index (χ1v) is 9.05. The Morgan fingerprint density at radius 3 is 2.25 bits per heavy atom. The fourth-order valence-electron chi connectivity index (χ4n) is 2.23. The Morgan fingerprint density at radius 2 is 1.62 bits per heavy atom. The number of nitrogens with one attached hydrogen (secondary N) is 2. The molecule has 0 bridgehead atoms. The van der Waals surface area contributed by atoms with E-state index in [2.05, 4.69) is 22.8 Å². The lowest BCUT2D eigenvalue weighted by molar-refractivity contribution is -0.125. The van der Waals surface area contributed by atoms with Crippen LogP contribution < -0.4 is 10.6 Å². The highest BCUT2D eigenvalue weighted by Crippen LogP contribution is 2.14. The minimum Gasteiger partial charge on any atom is -0.345 e. The van der Waals surface area contributed by atoms with Gasteiger partial charge in [0.05, 0.1) is 0 Å². The van der Waals surface area contributed by atoms with Crippen molar-refractivity contribution in [1.29, 1.82) is 0 Å². The molecule has 0 spiro atoms. The van der Waals surface area contributed by atoms with Crippen LogP contribution in [0, 0.1) is 0 Å². The summed E-state index contributed by atoms with van der Waals surface area (Å²) in [4.78, 5) is 23.7. The Hall–Kier alpha value is -2.27. The van der Waals surface area contributed by atoms with Gasteiger partial charge in [-0.25, -0.2) is 0 Å². The van der Waals surface area contributed by atoms with E-state index in [1.165, 1.54) is 12.5 Å². The molecule has 1 atom stereocenters. The Kier molecular flexibility index (Phi) is 7.36. The van der Waals surface area contributed by atoms with Gasteiger partial charge in [0.2, 0.25) is 11.8 Å². The van der Waals surface area contributed by atoms with Gasteiger partial charge < -0.3 is 10.6 Å². The molecule has 0 aromatic heterocycles. The molecule has 0 aliphatic carbocycles. The third-order valence-electron chi connectivity index (χ3n) is 3.40. The summed E-state index contributed by atoms with van der Waals surface area (Å²) in [6.07, 6.45) is 0.593. The largest absolute Gasteiger partial charge is 0.345 e. The third kappa shape index (κ3) is 6.46. The molecule has 0 aliphatic heterocycles. The van der Waals surface area contributed by atoms with E-state index in [0.717, 1.165) is 17.2 Å². The minimum atomic E-state index is -0.522. The number of hydrogen-bond donors (Lipinski definition) is 2. The number of hydrogen-bond acceptors (Lipinski definition) is 3. The van der Waals surface area contributed by atoms with E-state index >= 15 is 0 Å². The fraction of sp³-hybridized carbons (Fsp3) is 0.263. The van der Waals surface area contributed by atoms with Gasteiger partial charge in [-0.2, -0.15) is 11.8 Å². The quantitative estimate of drug-likeness (QED) is 0.723. The van der Waals surface area contributed by atoms with Gasteiger partial charge in [0.1, 0.15) is 6.04 Å². The summed E-state index contributed by atoms with van der Waals surface area (Å²) in [6, 6.07) is 18.9. The third-order valence-corrected chi connectivity index (χ3v) is 4.46. The average molecular weight is 342 g/mol. The van der Waals surface area contributed by atoms with Gasteiger partial charge in [0, 0.05) is 18.4 Å². The zero-order valence-corrected chi connectivity index (χ0v) is 14.5. The summed E-state index contributed by atoms with van der Waals surface area (Å²) in [6.45, 7) is 1.43. The highest BCUT2D eigenvalue weighted by molar-refractivity contribution is 7.98. The number of benzene rings is 2. The number of anilines is 1. The zero-order valence-electron chi connectivity index (χ0n) is 13.7. The second-order valence-electron chi connectivity index (χ2n) is 5.44. The first kappa shape index (κ1) is 18.1. The van der Waals surface area contributed by atoms with Crippen molar-refractivity contribution in [2.45, 2.75) is 25.1 Å². The molecule has 5 heteroatoms. The van der Waals surface area contributed by atoms with Crippen molar-refractivity contribution in [2.75, 3.05) is 11.1 Å². The second kappa shape index (κ2) is 9.78. The molecule has 126 valence electrons. The second-order valence-corrected chi connectivity index (χ2v) is 6.54. The number of rotatable bonds is 8. The fourth-order valence-corrected chi connectivity index (χ4v) is 3.21. The number of amides is 2. The van der Waals surface area contributed by atoms with Crippen molar-refractivity contribution in [1.82, 2.24) is 5.32 Å². The lowest BCUT2D eigenvalue weighted by Crippen LogP contribution is -2.43. The summed E-state index contributed by atoms with van der Waals surface area (Å²) >= 11 is 1.75. The van der Waals surface area contributed by atoms with Gasteiger partial charge >= 0.3 is 0 Å². The number of para-hydroxylation sites is 1. The van der Waals surface area contributed by atoms with Crippen LogP contribution in [0.15, 0.2) is 60.7 Å². The zero-order chi connectivity index (χ0) is 17.2. The molecule has 0 fully saturated rings. The highest BCUT2D eigenvalue weighted by atomic mass is 32.2. The molecule has 2 amide bonds. The molecular weight excluding hydrogens is 320 g/mol. The summed E-state index contributed by atoms with van der Waals surface area (Å²) in [5.74, 6) is 1.31. The van der Waals surface area contributed by atoms with Crippen molar-refractivity contribution in [2.24, 2.45) is 0 Å². The molecule has 0 heterocycles. The van der Waals surface area contributed by atoms with Crippen LogP contribution in [-0.4, -0.2) is 23.6 Å². The lowest BCUT2D eigenvalue weighted by Gasteiger charge is -2.17. The molecule has 0 aliphatic rings. The molecule has 0 unspecified atom stereocenters. The van der Waals surface area contributed by atoms with Crippen molar-refractivity contribution in [3.05, 3.63) is 66.2 Å². The molecule has 2 aromatic carbocycles. The Bertz CT molecular complexity index is 647. The van der Waals surface area contributed by atoms with Crippen LogP contribution in [0.1, 0.15) is 18.9 Å². The topological polar surface area (TPSA) is 58.2 Å². The Morgan fingerprint density at radius 1 is 1.00 bits per heavy atom. The normalized spacial score (nSPS) is 11.5. The molecule has 2 N–H and O–H groups in total. The first-order valence-electron chi connectivity index (χ1n) is 7.90. The maximum Gasteiger partial charge on any atom is 0.246 e. The van der Waals surface area contributed by atoms with Crippen LogP contribution in [0.25, 0.3) is 0 Å². The molecule has 0 saturated heterocycles. The van der Waals surface area contributed by atoms with E-state index in [1.807, 2.05) is 48.5 Å². The average Bonchev–Trinajstić information content (AvgIpc) is 2.59. The van der Waals surface area contributed by atoms with Gasteiger partial charge in [-0.1, -0.05) is 48.5 Å². The van der Waals surface area contributed by atoms with Crippen molar-refractivity contribution in [3.63, 3.8) is 0 Å². The van der Waals surface area contributed by atoms with E-state index in [-0.39, 0.29) is 11.8 Å². The van der Waals surface area contributed by atoms with Crippen LogP contribution in [0.4, 0.5) is 5.69 Å². The van der Waals surface area contributed by atoms with Crippen LogP contribution in [0.3, 0.4) is 0 Å². The smallest absolute Gasteiger partial charge is 0.246 e. The predicted molar refractivity (Wildman–Crippen MR) is 99.9 cm³/mol. The molecular formula is C19H22N2O2S. The molecule has 2 rings (SSSR count). The summed E-state index contributed by atoms with van der Waals surface area (Å²) in [5, 5.41) is 5.58. The maximum absolute atomic E-state index is 12.4. The van der Waals surface area contributed by atoms with Gasteiger partial charge in [0.25, 0.3) is 0 Å². The summed E-state index contributed by atoms with van der Waals surface area (Å²) in [5.41, 5.74) is 1.99. The lowest BCUT2D eigenvalue weighted by atomic mass is 10.2. The highest BCUT2D eigenvalue weighted by Gasteiger charge is 2.19. The standard InChI is InChI=1S/C19H22N2O2S/c1-15(22)20-18(19(23)21-17-10-6-3-7-11-17)12-13-24-14-16-8-4-2-5-9-16/h2-11,18H,12-14H2,1H3,(H,20,22)(H,21,23)/t18-/m1/s1. The van der Waals surface area contributed by atoms with Crippen molar-refractivity contribution in [3.8, 4) is 0 Å². The van der Waals surface area contributed by atoms with E-state index < -0.39 is 6.04 Å². The minimum absolute atomic E-state index is 0.184. The Balaban J connectivity index is 1.83. The number of carbonyl (C=O) groups is 2. The van der Waals surface area contributed by atoms with Gasteiger partial charge in [-0.05, 0) is 29.9 Å². The van der Waals surface area contributed by atoms with Crippen LogP contribution in [0.5, 0.6) is 0 Å². The SMILES string of the molecule is CC(=O)N[C@H](CCSCc1ccccc1)C(=O)Nc1ccccc1. The first-order chi connectivity index (χ1) is 11.6. The number of thioether (sulfide) groups is 1. The van der Waals surface area contributed by atoms with E-state index in [4.69, 9.17) is 0 Å². The van der Waals surface area contributed by atoms with Gasteiger partial charge in [0.15, 0.2) is 0 Å². The van der Waals surface area contributed by atoms with Crippen LogP contribution in [0.2, 0.25) is 0 Å². The summed E-state index contributed by atoms with van der Waals surface area (Å²) < 4.78 is 0. The molecule has 0 saturated carbocycles. The molecule has 2 aromatic rings. The van der Waals surface area contributed by atoms with Crippen molar-refractivity contribution >= 4 is 29.3 Å². The Labute approximate surface area is 147 Å². The predicted octanol–water partition coefficient (Wildman–Crippen LogP) is 3.45. The summed E-state index contributed by atoms with van der Waals surface area (Å²) in [7, 11) is 0. The van der Waals surface area contributed by atoms with Crippen LogP contribution >= 0.6 is 11.8 Å². The van der Waals surface area contributed by atoms with Crippen LogP contribution in [-0.2, 0) is 15.3 Å². The molecule has 0 radical (unpaired) electrons. The number of carbonyl (C=O) groups excluding carboxylic acids is 2. The van der Waals surface area contributed by atoms with Crippen molar-refractivity contribution < 1.29 is 9.59 Å². The van der Waals surface area contributed by atoms with E-state index in [0.29, 0.717) is 6.42 Å². The van der Waals surface area contributed by atoms with E-state index in [9.17, 15) is 9.59 Å². The molecule has 4 nitrogen and oxygen atoms in total.